The second-order valence-corrected chi connectivity index (χ2v) is 4.43. The van der Waals surface area contributed by atoms with E-state index in [1.807, 2.05) is 31.2 Å². The van der Waals surface area contributed by atoms with Crippen molar-refractivity contribution in [3.63, 3.8) is 0 Å². The molecule has 0 saturated heterocycles. The van der Waals surface area contributed by atoms with Crippen molar-refractivity contribution in [1.29, 1.82) is 0 Å². The Morgan fingerprint density at radius 3 is 2.35 bits per heavy atom. The third-order valence-corrected chi connectivity index (χ3v) is 3.08. The lowest BCUT2D eigenvalue weighted by Gasteiger charge is -2.17. The second-order valence-electron chi connectivity index (χ2n) is 4.43. The lowest BCUT2D eigenvalue weighted by Crippen LogP contribution is -2.10. The number of hydrogen-bond donors (Lipinski definition) is 2. The van der Waals surface area contributed by atoms with Crippen molar-refractivity contribution in [2.45, 2.75) is 13.0 Å². The second kappa shape index (κ2) is 6.14. The van der Waals surface area contributed by atoms with Gasteiger partial charge in [-0.05, 0) is 30.7 Å². The molecule has 0 radical (unpaired) electrons. The highest BCUT2D eigenvalue weighted by atomic mass is 16.5. The van der Waals surface area contributed by atoms with E-state index >= 15 is 0 Å². The Hall–Kier alpha value is -2.43. The molecule has 2 aromatic rings. The number of ether oxygens (including phenoxy) is 2. The Morgan fingerprint density at radius 2 is 1.75 bits per heavy atom. The molecule has 1 atom stereocenters. The number of rotatable bonds is 5. The Morgan fingerprint density at radius 1 is 1.05 bits per heavy atom. The molecule has 1 unspecified atom stereocenters. The minimum absolute atomic E-state index is 0.0720. The molecule has 0 aliphatic rings. The van der Waals surface area contributed by atoms with Crippen LogP contribution >= 0.6 is 0 Å². The minimum atomic E-state index is 0.0720. The van der Waals surface area contributed by atoms with Gasteiger partial charge in [-0.15, -0.1) is 0 Å². The maximum Gasteiger partial charge on any atom is 0.215 e. The van der Waals surface area contributed by atoms with Gasteiger partial charge in [0.2, 0.25) is 5.88 Å². The van der Waals surface area contributed by atoms with Gasteiger partial charge in [0.1, 0.15) is 5.75 Å². The number of methoxy groups -OCH3 is 2. The predicted molar refractivity (Wildman–Crippen MR) is 80.2 cm³/mol. The molecule has 0 amide bonds. The fourth-order valence-electron chi connectivity index (χ4n) is 1.86. The van der Waals surface area contributed by atoms with Crippen LogP contribution in [-0.4, -0.2) is 19.2 Å². The standard InChI is InChI=1S/C15H19N3O2/c1-10(11-4-6-12(19-2)7-5-11)17-15-13(16)8-9-14(18-15)20-3/h4-10H,16H2,1-3H3,(H,17,18). The first kappa shape index (κ1) is 14.0. The maximum absolute atomic E-state index is 5.92. The number of aromatic nitrogens is 1. The van der Waals surface area contributed by atoms with Crippen molar-refractivity contribution in [3.05, 3.63) is 42.0 Å². The van der Waals surface area contributed by atoms with Gasteiger partial charge in [-0.25, -0.2) is 0 Å². The van der Waals surface area contributed by atoms with E-state index < -0.39 is 0 Å². The van der Waals surface area contributed by atoms with E-state index in [0.29, 0.717) is 17.4 Å². The molecule has 106 valence electrons. The van der Waals surface area contributed by atoms with E-state index in [2.05, 4.69) is 10.3 Å². The SMILES string of the molecule is COc1ccc(C(C)Nc2nc(OC)ccc2N)cc1. The number of nitrogen functional groups attached to an aromatic ring is 1. The van der Waals surface area contributed by atoms with Crippen molar-refractivity contribution >= 4 is 11.5 Å². The molecule has 0 saturated carbocycles. The molecule has 1 heterocycles. The summed E-state index contributed by atoms with van der Waals surface area (Å²) in [6.07, 6.45) is 0. The van der Waals surface area contributed by atoms with Crippen LogP contribution in [0.15, 0.2) is 36.4 Å². The number of pyridine rings is 1. The molecule has 0 aliphatic carbocycles. The quantitative estimate of drug-likeness (QED) is 0.876. The molecule has 0 bridgehead atoms. The van der Waals surface area contributed by atoms with Gasteiger partial charge >= 0.3 is 0 Å². The summed E-state index contributed by atoms with van der Waals surface area (Å²) >= 11 is 0. The first-order valence-corrected chi connectivity index (χ1v) is 6.35. The van der Waals surface area contributed by atoms with Crippen LogP contribution in [0, 0.1) is 0 Å². The first-order valence-electron chi connectivity index (χ1n) is 6.35. The number of anilines is 2. The van der Waals surface area contributed by atoms with Crippen LogP contribution in [0.25, 0.3) is 0 Å². The van der Waals surface area contributed by atoms with Crippen LogP contribution in [0.1, 0.15) is 18.5 Å². The molecule has 20 heavy (non-hydrogen) atoms. The largest absolute Gasteiger partial charge is 0.497 e. The molecular formula is C15H19N3O2. The molecule has 5 heteroatoms. The van der Waals surface area contributed by atoms with Gasteiger partial charge in [0.05, 0.1) is 25.9 Å². The first-order chi connectivity index (χ1) is 9.63. The van der Waals surface area contributed by atoms with Gasteiger partial charge in [-0.1, -0.05) is 12.1 Å². The van der Waals surface area contributed by atoms with Crippen LogP contribution in [0.5, 0.6) is 11.6 Å². The normalized spacial score (nSPS) is 11.8. The molecule has 1 aromatic carbocycles. The minimum Gasteiger partial charge on any atom is -0.497 e. The zero-order valence-electron chi connectivity index (χ0n) is 11.9. The van der Waals surface area contributed by atoms with Gasteiger partial charge in [-0.3, -0.25) is 0 Å². The van der Waals surface area contributed by atoms with Crippen molar-refractivity contribution in [2.24, 2.45) is 0 Å². The summed E-state index contributed by atoms with van der Waals surface area (Å²) in [6, 6.07) is 11.4. The summed E-state index contributed by atoms with van der Waals surface area (Å²) in [4.78, 5) is 4.31. The fourth-order valence-corrected chi connectivity index (χ4v) is 1.86. The van der Waals surface area contributed by atoms with E-state index in [-0.39, 0.29) is 6.04 Å². The molecular weight excluding hydrogens is 254 g/mol. The van der Waals surface area contributed by atoms with Crippen LogP contribution in [0.2, 0.25) is 0 Å². The van der Waals surface area contributed by atoms with Crippen molar-refractivity contribution in [3.8, 4) is 11.6 Å². The lowest BCUT2D eigenvalue weighted by atomic mass is 10.1. The zero-order valence-corrected chi connectivity index (χ0v) is 11.9. The average molecular weight is 273 g/mol. The third-order valence-electron chi connectivity index (χ3n) is 3.08. The van der Waals surface area contributed by atoms with Crippen molar-refractivity contribution < 1.29 is 9.47 Å². The maximum atomic E-state index is 5.92. The molecule has 2 rings (SSSR count). The lowest BCUT2D eigenvalue weighted by molar-refractivity contribution is 0.398. The van der Waals surface area contributed by atoms with Gasteiger partial charge in [0.25, 0.3) is 0 Å². The van der Waals surface area contributed by atoms with Gasteiger partial charge in [0, 0.05) is 6.07 Å². The van der Waals surface area contributed by atoms with Crippen LogP contribution in [0.4, 0.5) is 11.5 Å². The van der Waals surface area contributed by atoms with Crippen LogP contribution in [-0.2, 0) is 0 Å². The van der Waals surface area contributed by atoms with Crippen molar-refractivity contribution in [2.75, 3.05) is 25.3 Å². The highest BCUT2D eigenvalue weighted by molar-refractivity contribution is 5.62. The molecule has 0 aliphatic heterocycles. The van der Waals surface area contributed by atoms with E-state index in [0.717, 1.165) is 11.3 Å². The smallest absolute Gasteiger partial charge is 0.215 e. The number of nitrogens with one attached hydrogen (secondary N) is 1. The number of nitrogens with zero attached hydrogens (tertiary/aromatic N) is 1. The molecule has 3 N–H and O–H groups in total. The number of hydrogen-bond acceptors (Lipinski definition) is 5. The van der Waals surface area contributed by atoms with Gasteiger partial charge in [-0.2, -0.15) is 4.98 Å². The number of nitrogens with two attached hydrogens (primary N) is 1. The highest BCUT2D eigenvalue weighted by Crippen LogP contribution is 2.25. The van der Waals surface area contributed by atoms with E-state index in [9.17, 15) is 0 Å². The van der Waals surface area contributed by atoms with Crippen LogP contribution < -0.4 is 20.5 Å². The van der Waals surface area contributed by atoms with Crippen molar-refractivity contribution in [1.82, 2.24) is 4.98 Å². The highest BCUT2D eigenvalue weighted by Gasteiger charge is 2.09. The molecule has 0 spiro atoms. The summed E-state index contributed by atoms with van der Waals surface area (Å²) in [5.41, 5.74) is 7.62. The summed E-state index contributed by atoms with van der Waals surface area (Å²) < 4.78 is 10.3. The summed E-state index contributed by atoms with van der Waals surface area (Å²) in [5.74, 6) is 1.98. The average Bonchev–Trinajstić information content (AvgIpc) is 2.49. The fraction of sp³-hybridized carbons (Fsp3) is 0.267. The van der Waals surface area contributed by atoms with E-state index in [1.54, 1.807) is 26.4 Å². The Kier molecular flexibility index (Phi) is 4.30. The zero-order chi connectivity index (χ0) is 14.5. The Bertz CT molecular complexity index is 570. The number of benzene rings is 1. The summed E-state index contributed by atoms with van der Waals surface area (Å²) in [6.45, 7) is 2.04. The van der Waals surface area contributed by atoms with Crippen LogP contribution in [0.3, 0.4) is 0 Å². The topological polar surface area (TPSA) is 69.4 Å². The molecule has 5 nitrogen and oxygen atoms in total. The van der Waals surface area contributed by atoms with Gasteiger partial charge < -0.3 is 20.5 Å². The predicted octanol–water partition coefficient (Wildman–Crippen LogP) is 2.85. The van der Waals surface area contributed by atoms with Gasteiger partial charge in [0.15, 0.2) is 5.82 Å². The van der Waals surface area contributed by atoms with E-state index in [1.165, 1.54) is 0 Å². The Labute approximate surface area is 118 Å². The van der Waals surface area contributed by atoms with E-state index in [4.69, 9.17) is 15.2 Å². The molecule has 1 aromatic heterocycles. The summed E-state index contributed by atoms with van der Waals surface area (Å²) in [5, 5.41) is 3.28. The third kappa shape index (κ3) is 3.12. The Balaban J connectivity index is 2.15. The summed E-state index contributed by atoms with van der Waals surface area (Å²) in [7, 11) is 3.23. The molecule has 0 fully saturated rings. The monoisotopic (exact) mass is 273 g/mol.